The number of hydrogen-bond acceptors (Lipinski definition) is 2. The van der Waals surface area contributed by atoms with Crippen LogP contribution in [-0.2, 0) is 0 Å². The molecule has 272 valence electrons. The van der Waals surface area contributed by atoms with Crippen LogP contribution in [0.1, 0.15) is 0 Å². The largest absolute Gasteiger partial charge is 0.456 e. The summed E-state index contributed by atoms with van der Waals surface area (Å²) in [6.45, 7) is 0. The van der Waals surface area contributed by atoms with Gasteiger partial charge < -0.3 is 8.98 Å². The van der Waals surface area contributed by atoms with Crippen LogP contribution in [0.15, 0.2) is 217 Å². The molecule has 0 spiro atoms. The van der Waals surface area contributed by atoms with E-state index in [0.717, 1.165) is 49.9 Å². The third-order valence-corrected chi connectivity index (χ3v) is 16.9. The van der Waals surface area contributed by atoms with Crippen LogP contribution in [0.5, 0.6) is 0 Å². The molecule has 0 radical (unpaired) electrons. The molecule has 4 heterocycles. The van der Waals surface area contributed by atoms with Crippen LogP contribution in [0.3, 0.4) is 0 Å². The predicted molar refractivity (Wildman–Crippen MR) is 244 cm³/mol. The summed E-state index contributed by atoms with van der Waals surface area (Å²) < 4.78 is 11.1. The molecule has 58 heavy (non-hydrogen) atoms. The van der Waals surface area contributed by atoms with Crippen LogP contribution < -0.4 is 20.7 Å². The summed E-state index contributed by atoms with van der Waals surface area (Å²) in [5, 5.41) is 12.4. The quantitative estimate of drug-likeness (QED) is 0.125. The fraction of sp³-hybridized carbons (Fsp3) is 0. The third kappa shape index (κ3) is 4.65. The van der Waals surface area contributed by atoms with Crippen LogP contribution in [0.25, 0.3) is 77.1 Å². The SMILES string of the molecule is c1ccc([Si](c2ccccc2)(c2ccc(-n3c4ccccc4c4cccnc43)cc2)c2ccc(-n3c4ccccc4c4ccc5oc6ccccc6c5c43)cc2)cc1. The molecule has 0 fully saturated rings. The summed E-state index contributed by atoms with van der Waals surface area (Å²) in [7, 11) is -2.85. The second-order valence-corrected chi connectivity index (χ2v) is 18.9. The van der Waals surface area contributed by atoms with Gasteiger partial charge in [0.1, 0.15) is 16.8 Å². The van der Waals surface area contributed by atoms with E-state index < -0.39 is 8.07 Å². The van der Waals surface area contributed by atoms with Crippen molar-refractivity contribution >= 4 is 94.5 Å². The summed E-state index contributed by atoms with van der Waals surface area (Å²) in [6.07, 6.45) is 1.89. The van der Waals surface area contributed by atoms with Gasteiger partial charge in [0.05, 0.1) is 21.9 Å². The lowest BCUT2D eigenvalue weighted by Gasteiger charge is -2.34. The zero-order valence-corrected chi connectivity index (χ0v) is 32.5. The Bertz CT molecular complexity index is 3400. The maximum Gasteiger partial charge on any atom is 0.179 e. The number of benzene rings is 8. The Kier molecular flexibility index (Phi) is 7.21. The topological polar surface area (TPSA) is 35.9 Å². The second-order valence-electron chi connectivity index (χ2n) is 15.1. The van der Waals surface area contributed by atoms with Crippen molar-refractivity contribution in [1.29, 1.82) is 0 Å². The molecule has 0 N–H and O–H groups in total. The highest BCUT2D eigenvalue weighted by atomic mass is 28.3. The highest BCUT2D eigenvalue weighted by Crippen LogP contribution is 2.40. The molecule has 0 amide bonds. The monoisotopic (exact) mass is 757 g/mol. The minimum absolute atomic E-state index is 0.897. The van der Waals surface area contributed by atoms with Crippen molar-refractivity contribution in [1.82, 2.24) is 14.1 Å². The molecule has 0 aliphatic rings. The minimum atomic E-state index is -2.85. The molecule has 4 nitrogen and oxygen atoms in total. The Morgan fingerprint density at radius 3 is 1.52 bits per heavy atom. The average Bonchev–Trinajstić information content (AvgIpc) is 3.96. The molecule has 4 aromatic heterocycles. The zero-order chi connectivity index (χ0) is 38.2. The molecular formula is C53H35N3OSi. The number of rotatable bonds is 6. The van der Waals surface area contributed by atoms with E-state index in [2.05, 4.69) is 203 Å². The van der Waals surface area contributed by atoms with E-state index in [0.29, 0.717) is 0 Å². The maximum absolute atomic E-state index is 6.42. The van der Waals surface area contributed by atoms with E-state index in [4.69, 9.17) is 9.40 Å². The Morgan fingerprint density at radius 1 is 0.362 bits per heavy atom. The van der Waals surface area contributed by atoms with Gasteiger partial charge in [0.25, 0.3) is 0 Å². The number of fused-ring (bicyclic) bond motifs is 10. The zero-order valence-electron chi connectivity index (χ0n) is 31.5. The Hall–Kier alpha value is -7.47. The average molecular weight is 758 g/mol. The summed E-state index contributed by atoms with van der Waals surface area (Å²) >= 11 is 0. The summed E-state index contributed by atoms with van der Waals surface area (Å²) in [5.74, 6) is 0. The fourth-order valence-electron chi connectivity index (χ4n) is 9.69. The molecule has 5 heteroatoms. The Labute approximate surface area is 335 Å². The molecule has 0 aliphatic carbocycles. The van der Waals surface area contributed by atoms with Gasteiger partial charge in [-0.15, -0.1) is 0 Å². The van der Waals surface area contributed by atoms with Gasteiger partial charge in [-0.3, -0.25) is 4.57 Å². The van der Waals surface area contributed by atoms with Gasteiger partial charge in [-0.05, 0) is 87.5 Å². The van der Waals surface area contributed by atoms with Crippen LogP contribution in [0.2, 0.25) is 0 Å². The molecule has 0 aliphatic heterocycles. The molecule has 0 bridgehead atoms. The van der Waals surface area contributed by atoms with Crippen molar-refractivity contribution in [2.75, 3.05) is 0 Å². The number of hydrogen-bond donors (Lipinski definition) is 0. The van der Waals surface area contributed by atoms with Crippen LogP contribution in [-0.4, -0.2) is 22.2 Å². The van der Waals surface area contributed by atoms with E-state index in [1.165, 1.54) is 47.9 Å². The van der Waals surface area contributed by atoms with Crippen molar-refractivity contribution in [3.63, 3.8) is 0 Å². The number of nitrogens with zero attached hydrogens (tertiary/aromatic N) is 3. The highest BCUT2D eigenvalue weighted by molar-refractivity contribution is 7.19. The van der Waals surface area contributed by atoms with E-state index in [1.807, 2.05) is 18.3 Å². The van der Waals surface area contributed by atoms with Crippen LogP contribution >= 0.6 is 0 Å². The summed E-state index contributed by atoms with van der Waals surface area (Å²) in [5.41, 5.74) is 8.47. The van der Waals surface area contributed by atoms with Gasteiger partial charge in [-0.1, -0.05) is 140 Å². The molecule has 0 saturated carbocycles. The van der Waals surface area contributed by atoms with Crippen molar-refractivity contribution in [3.05, 3.63) is 212 Å². The maximum atomic E-state index is 6.42. The Morgan fingerprint density at radius 2 is 0.862 bits per heavy atom. The third-order valence-electron chi connectivity index (χ3n) is 12.1. The highest BCUT2D eigenvalue weighted by Gasteiger charge is 2.41. The number of furan rings is 1. The van der Waals surface area contributed by atoms with Crippen LogP contribution in [0.4, 0.5) is 0 Å². The van der Waals surface area contributed by atoms with Gasteiger partial charge >= 0.3 is 0 Å². The number of aromatic nitrogens is 3. The molecule has 0 atom stereocenters. The van der Waals surface area contributed by atoms with E-state index in [-0.39, 0.29) is 0 Å². The van der Waals surface area contributed by atoms with Crippen molar-refractivity contribution in [3.8, 4) is 11.4 Å². The molecule has 0 saturated heterocycles. The molecule has 12 aromatic rings. The van der Waals surface area contributed by atoms with E-state index in [1.54, 1.807) is 0 Å². The predicted octanol–water partition coefficient (Wildman–Crippen LogP) is 10.6. The van der Waals surface area contributed by atoms with E-state index >= 15 is 0 Å². The first-order valence-electron chi connectivity index (χ1n) is 19.8. The molecule has 12 rings (SSSR count). The summed E-state index contributed by atoms with van der Waals surface area (Å²) in [4.78, 5) is 4.87. The number of para-hydroxylation sites is 3. The van der Waals surface area contributed by atoms with Crippen LogP contribution in [0, 0.1) is 0 Å². The molecule has 0 unspecified atom stereocenters. The second kappa shape index (κ2) is 12.8. The standard InChI is InChI=1S/C53H35N3OSi/c1-3-14-38(15-4-1)58(39-16-5-2-6-17-39,41-31-27-37(28-32-41)56-48-23-11-8-19-43(48)45-21-13-35-54-53(45)56)40-29-25-36(26-30-40)55-47-22-10-7-18-42(47)44-33-34-50-51(52(44)55)46-20-9-12-24-49(46)57-50/h1-35H. The van der Waals surface area contributed by atoms with Crippen molar-refractivity contribution in [2.24, 2.45) is 0 Å². The van der Waals surface area contributed by atoms with Gasteiger partial charge in [-0.2, -0.15) is 0 Å². The van der Waals surface area contributed by atoms with Gasteiger partial charge in [0, 0.05) is 44.5 Å². The fourth-order valence-corrected chi connectivity index (χ4v) is 14.4. The molecule has 8 aromatic carbocycles. The van der Waals surface area contributed by atoms with E-state index in [9.17, 15) is 0 Å². The summed E-state index contributed by atoms with van der Waals surface area (Å²) in [6, 6.07) is 75.3. The van der Waals surface area contributed by atoms with Gasteiger partial charge in [0.15, 0.2) is 8.07 Å². The van der Waals surface area contributed by atoms with Crippen molar-refractivity contribution in [2.45, 2.75) is 0 Å². The first kappa shape index (κ1) is 32.7. The van der Waals surface area contributed by atoms with Gasteiger partial charge in [0.2, 0.25) is 0 Å². The molecular weight excluding hydrogens is 723 g/mol. The normalized spacial score (nSPS) is 12.1. The lowest BCUT2D eigenvalue weighted by atomic mass is 10.1. The lowest BCUT2D eigenvalue weighted by molar-refractivity contribution is 0.669. The van der Waals surface area contributed by atoms with Crippen molar-refractivity contribution < 1.29 is 4.42 Å². The lowest BCUT2D eigenvalue weighted by Crippen LogP contribution is -2.74. The first-order chi connectivity index (χ1) is 28.8. The Balaban J connectivity index is 1.09. The minimum Gasteiger partial charge on any atom is -0.456 e. The first-order valence-corrected chi connectivity index (χ1v) is 21.8. The smallest absolute Gasteiger partial charge is 0.179 e. The number of pyridine rings is 1. The van der Waals surface area contributed by atoms with Gasteiger partial charge in [-0.25, -0.2) is 4.98 Å².